The molecule has 0 aliphatic carbocycles. The van der Waals surface area contributed by atoms with E-state index < -0.39 is 0 Å². The van der Waals surface area contributed by atoms with Gasteiger partial charge in [0.25, 0.3) is 0 Å². The number of hydrogen-bond donors (Lipinski definition) is 0. The van der Waals surface area contributed by atoms with E-state index in [4.69, 9.17) is 9.47 Å². The largest absolute Gasteiger partial charge is 0.490 e. The van der Waals surface area contributed by atoms with Crippen molar-refractivity contribution in [1.29, 1.82) is 0 Å². The zero-order chi connectivity index (χ0) is 13.5. The minimum atomic E-state index is 0.390. The monoisotopic (exact) mass is 320 g/mol. The van der Waals surface area contributed by atoms with E-state index in [1.54, 1.807) is 18.2 Å². The molecular weight excluding hydrogens is 308 g/mol. The van der Waals surface area contributed by atoms with E-state index in [1.165, 1.54) is 0 Å². The number of carbonyl (C=O) groups is 1. The van der Waals surface area contributed by atoms with Gasteiger partial charge in [0.15, 0.2) is 6.29 Å². The van der Waals surface area contributed by atoms with Gasteiger partial charge in [0, 0.05) is 4.47 Å². The highest BCUT2D eigenvalue weighted by Crippen LogP contribution is 2.17. The normalized spacial score (nSPS) is 9.95. The molecule has 0 heterocycles. The minimum Gasteiger partial charge on any atom is -0.490 e. The number of halogens is 1. The summed E-state index contributed by atoms with van der Waals surface area (Å²) in [6.45, 7) is 0.815. The summed E-state index contributed by atoms with van der Waals surface area (Å²) in [5, 5.41) is 0. The summed E-state index contributed by atoms with van der Waals surface area (Å²) in [6.07, 6.45) is 0.783. The van der Waals surface area contributed by atoms with Gasteiger partial charge in [0.1, 0.15) is 24.7 Å². The van der Waals surface area contributed by atoms with Crippen molar-refractivity contribution in [2.24, 2.45) is 0 Å². The van der Waals surface area contributed by atoms with E-state index in [0.29, 0.717) is 24.5 Å². The van der Waals surface area contributed by atoms with Crippen LogP contribution in [0.15, 0.2) is 53.0 Å². The van der Waals surface area contributed by atoms with Crippen molar-refractivity contribution in [3.05, 3.63) is 58.6 Å². The third-order valence-electron chi connectivity index (χ3n) is 2.47. The molecule has 2 aromatic carbocycles. The number of aldehydes is 1. The van der Waals surface area contributed by atoms with Crippen LogP contribution in [0, 0.1) is 0 Å². The fraction of sp³-hybridized carbons (Fsp3) is 0.133. The molecule has 0 bridgehead atoms. The van der Waals surface area contributed by atoms with Gasteiger partial charge in [-0.05, 0) is 36.4 Å². The maximum absolute atomic E-state index is 10.8. The summed E-state index contributed by atoms with van der Waals surface area (Å²) >= 11 is 3.36. The highest BCUT2D eigenvalue weighted by molar-refractivity contribution is 9.10. The topological polar surface area (TPSA) is 35.5 Å². The molecule has 0 aliphatic heterocycles. The molecule has 0 radical (unpaired) electrons. The maximum Gasteiger partial charge on any atom is 0.153 e. The molecule has 0 amide bonds. The van der Waals surface area contributed by atoms with Gasteiger partial charge in [-0.2, -0.15) is 0 Å². The van der Waals surface area contributed by atoms with Gasteiger partial charge in [-0.25, -0.2) is 0 Å². The van der Waals surface area contributed by atoms with Crippen LogP contribution in [0.3, 0.4) is 0 Å². The molecule has 2 rings (SSSR count). The van der Waals surface area contributed by atoms with Gasteiger partial charge >= 0.3 is 0 Å². The highest BCUT2D eigenvalue weighted by atomic mass is 79.9. The van der Waals surface area contributed by atoms with Gasteiger partial charge in [-0.15, -0.1) is 0 Å². The first-order valence-electron chi connectivity index (χ1n) is 5.85. The molecular formula is C15H13BrO3. The van der Waals surface area contributed by atoms with Crippen LogP contribution in [0.4, 0.5) is 0 Å². The predicted octanol–water partition coefficient (Wildman–Crippen LogP) is 3.72. The molecule has 0 saturated carbocycles. The number of benzene rings is 2. The SMILES string of the molecule is O=Cc1ccccc1OCCOc1ccc(Br)cc1. The number of rotatable bonds is 6. The van der Waals surface area contributed by atoms with Gasteiger partial charge in [-0.1, -0.05) is 28.1 Å². The molecule has 4 heteroatoms. The van der Waals surface area contributed by atoms with Crippen LogP contribution in [0.1, 0.15) is 10.4 Å². The number of carbonyl (C=O) groups excluding carboxylic acids is 1. The van der Waals surface area contributed by atoms with Crippen LogP contribution < -0.4 is 9.47 Å². The Morgan fingerprint density at radius 2 is 1.63 bits per heavy atom. The van der Waals surface area contributed by atoms with Gasteiger partial charge in [0.2, 0.25) is 0 Å². The fourth-order valence-electron chi connectivity index (χ4n) is 1.55. The molecule has 2 aromatic rings. The van der Waals surface area contributed by atoms with Crippen LogP contribution in [0.25, 0.3) is 0 Å². The van der Waals surface area contributed by atoms with Crippen LogP contribution in [0.2, 0.25) is 0 Å². The van der Waals surface area contributed by atoms with Gasteiger partial charge in [0.05, 0.1) is 5.56 Å². The second-order valence-corrected chi connectivity index (χ2v) is 4.72. The molecule has 0 aliphatic rings. The summed E-state index contributed by atoms with van der Waals surface area (Å²) in [4.78, 5) is 10.8. The Balaban J connectivity index is 1.80. The Labute approximate surface area is 120 Å². The molecule has 0 N–H and O–H groups in total. The van der Waals surface area contributed by atoms with Crippen LogP contribution in [-0.4, -0.2) is 19.5 Å². The summed E-state index contributed by atoms with van der Waals surface area (Å²) in [6, 6.07) is 14.7. The quantitative estimate of drug-likeness (QED) is 0.601. The molecule has 0 spiro atoms. The van der Waals surface area contributed by atoms with Crippen molar-refractivity contribution in [1.82, 2.24) is 0 Å². The second-order valence-electron chi connectivity index (χ2n) is 3.81. The molecule has 0 fully saturated rings. The third-order valence-corrected chi connectivity index (χ3v) is 3.00. The van der Waals surface area contributed by atoms with Crippen molar-refractivity contribution in [3.63, 3.8) is 0 Å². The highest BCUT2D eigenvalue weighted by Gasteiger charge is 2.01. The number of ether oxygens (including phenoxy) is 2. The zero-order valence-corrected chi connectivity index (χ0v) is 11.8. The number of para-hydroxylation sites is 1. The molecule has 0 unspecified atom stereocenters. The molecule has 98 valence electrons. The number of hydrogen-bond acceptors (Lipinski definition) is 3. The lowest BCUT2D eigenvalue weighted by atomic mass is 10.2. The van der Waals surface area contributed by atoms with Gasteiger partial charge in [-0.3, -0.25) is 4.79 Å². The average Bonchev–Trinajstić information content (AvgIpc) is 2.46. The van der Waals surface area contributed by atoms with E-state index >= 15 is 0 Å². The molecule has 0 saturated heterocycles. The van der Waals surface area contributed by atoms with Crippen molar-refractivity contribution in [2.45, 2.75) is 0 Å². The lowest BCUT2D eigenvalue weighted by Crippen LogP contribution is -2.09. The smallest absolute Gasteiger partial charge is 0.153 e. The fourth-order valence-corrected chi connectivity index (χ4v) is 1.82. The average molecular weight is 321 g/mol. The molecule has 3 nitrogen and oxygen atoms in total. The van der Waals surface area contributed by atoms with E-state index in [-0.39, 0.29) is 0 Å². The summed E-state index contributed by atoms with van der Waals surface area (Å²) in [5.41, 5.74) is 0.547. The first kappa shape index (κ1) is 13.6. The molecule has 19 heavy (non-hydrogen) atoms. The van der Waals surface area contributed by atoms with E-state index in [0.717, 1.165) is 16.5 Å². The van der Waals surface area contributed by atoms with E-state index in [1.807, 2.05) is 30.3 Å². The summed E-state index contributed by atoms with van der Waals surface area (Å²) < 4.78 is 12.0. The third kappa shape index (κ3) is 4.10. The molecule has 0 aromatic heterocycles. The lowest BCUT2D eigenvalue weighted by molar-refractivity contribution is 0.111. The van der Waals surface area contributed by atoms with Gasteiger partial charge < -0.3 is 9.47 Å². The Morgan fingerprint density at radius 1 is 0.947 bits per heavy atom. The maximum atomic E-state index is 10.8. The minimum absolute atomic E-state index is 0.390. The van der Waals surface area contributed by atoms with Crippen molar-refractivity contribution in [2.75, 3.05) is 13.2 Å². The lowest BCUT2D eigenvalue weighted by Gasteiger charge is -2.09. The van der Waals surface area contributed by atoms with Crippen molar-refractivity contribution >= 4 is 22.2 Å². The predicted molar refractivity (Wildman–Crippen MR) is 77.0 cm³/mol. The van der Waals surface area contributed by atoms with Crippen molar-refractivity contribution in [3.8, 4) is 11.5 Å². The summed E-state index contributed by atoms with van der Waals surface area (Å²) in [7, 11) is 0. The second kappa shape index (κ2) is 6.95. The van der Waals surface area contributed by atoms with E-state index in [2.05, 4.69) is 15.9 Å². The Kier molecular flexibility index (Phi) is 4.98. The zero-order valence-electron chi connectivity index (χ0n) is 10.2. The Morgan fingerprint density at radius 3 is 2.37 bits per heavy atom. The van der Waals surface area contributed by atoms with E-state index in [9.17, 15) is 4.79 Å². The standard InChI is InChI=1S/C15H13BrO3/c16-13-5-7-14(8-6-13)18-9-10-19-15-4-2-1-3-12(15)11-17/h1-8,11H,9-10H2. The van der Waals surface area contributed by atoms with Crippen molar-refractivity contribution < 1.29 is 14.3 Å². The Bertz CT molecular complexity index is 537. The first-order valence-corrected chi connectivity index (χ1v) is 6.64. The molecule has 0 atom stereocenters. The Hall–Kier alpha value is -1.81. The van der Waals surface area contributed by atoms with Crippen LogP contribution in [-0.2, 0) is 0 Å². The van der Waals surface area contributed by atoms with Crippen LogP contribution >= 0.6 is 15.9 Å². The van der Waals surface area contributed by atoms with Crippen LogP contribution in [0.5, 0.6) is 11.5 Å². The summed E-state index contributed by atoms with van der Waals surface area (Å²) in [5.74, 6) is 1.37. The first-order chi connectivity index (χ1) is 9.29.